The third-order valence-electron chi connectivity index (χ3n) is 2.85. The topological polar surface area (TPSA) is 43.1 Å². The van der Waals surface area contributed by atoms with E-state index in [4.69, 9.17) is 5.73 Å². The van der Waals surface area contributed by atoms with E-state index in [2.05, 4.69) is 12.1 Å². The molecule has 0 aliphatic rings. The van der Waals surface area contributed by atoms with Crippen LogP contribution in [-0.4, -0.2) is 15.7 Å². The summed E-state index contributed by atoms with van der Waals surface area (Å²) in [6.07, 6.45) is 0. The smallest absolute Gasteiger partial charge is 0.0541 e. The monoisotopic (exact) mass is 291 g/mol. The van der Waals surface area contributed by atoms with Crippen LogP contribution in [0.5, 0.6) is 0 Å². The van der Waals surface area contributed by atoms with E-state index in [0.29, 0.717) is 11.4 Å². The van der Waals surface area contributed by atoms with Gasteiger partial charge in [0.2, 0.25) is 0 Å². The third kappa shape index (κ3) is 3.85. The average molecular weight is 291 g/mol. The summed E-state index contributed by atoms with van der Waals surface area (Å²) in [7, 11) is -0.980. The second-order valence-electron chi connectivity index (χ2n) is 4.18. The van der Waals surface area contributed by atoms with Crippen molar-refractivity contribution in [2.75, 3.05) is 17.2 Å². The number of nitrogens with two attached hydrogens (primary N) is 1. The van der Waals surface area contributed by atoms with Crippen LogP contribution in [0.1, 0.15) is 5.56 Å². The van der Waals surface area contributed by atoms with Crippen molar-refractivity contribution in [3.05, 3.63) is 54.1 Å². The fourth-order valence-corrected chi connectivity index (χ4v) is 4.17. The number of anilines is 1. The quantitative estimate of drug-likeness (QED) is 0.677. The molecule has 0 saturated carbocycles. The average Bonchev–Trinajstić information content (AvgIpc) is 2.43. The first-order valence-electron chi connectivity index (χ1n) is 6.10. The zero-order chi connectivity index (χ0) is 13.7. The van der Waals surface area contributed by atoms with Crippen LogP contribution in [0.3, 0.4) is 0 Å². The molecule has 0 radical (unpaired) electrons. The largest absolute Gasteiger partial charge is 0.398 e. The molecule has 0 amide bonds. The molecule has 0 heterocycles. The van der Waals surface area contributed by atoms with Gasteiger partial charge in [0.15, 0.2) is 0 Å². The zero-order valence-corrected chi connectivity index (χ0v) is 12.5. The van der Waals surface area contributed by atoms with Gasteiger partial charge in [-0.3, -0.25) is 4.21 Å². The Morgan fingerprint density at radius 3 is 2.58 bits per heavy atom. The Labute approximate surface area is 120 Å². The number of rotatable bonds is 5. The molecule has 0 bridgehead atoms. The minimum atomic E-state index is -0.980. The fourth-order valence-electron chi connectivity index (χ4n) is 1.74. The maximum atomic E-state index is 12.3. The van der Waals surface area contributed by atoms with E-state index >= 15 is 0 Å². The van der Waals surface area contributed by atoms with Crippen molar-refractivity contribution in [1.82, 2.24) is 0 Å². The summed E-state index contributed by atoms with van der Waals surface area (Å²) in [5, 5.41) is 0. The Hall–Kier alpha value is -1.26. The van der Waals surface area contributed by atoms with Crippen LogP contribution in [0.15, 0.2) is 58.3 Å². The van der Waals surface area contributed by atoms with E-state index in [1.807, 2.05) is 43.3 Å². The molecule has 0 aromatic heterocycles. The van der Waals surface area contributed by atoms with Crippen molar-refractivity contribution >= 4 is 28.2 Å². The van der Waals surface area contributed by atoms with Gasteiger partial charge in [-0.25, -0.2) is 0 Å². The third-order valence-corrected chi connectivity index (χ3v) is 5.63. The molecule has 1 atom stereocenters. The van der Waals surface area contributed by atoms with Crippen LogP contribution in [0.25, 0.3) is 0 Å². The molecule has 4 heteroatoms. The van der Waals surface area contributed by atoms with Gasteiger partial charge in [0, 0.05) is 27.0 Å². The van der Waals surface area contributed by atoms with E-state index in [0.717, 1.165) is 16.2 Å². The van der Waals surface area contributed by atoms with Crippen molar-refractivity contribution in [3.63, 3.8) is 0 Å². The van der Waals surface area contributed by atoms with E-state index in [1.54, 1.807) is 11.8 Å². The minimum absolute atomic E-state index is 0.643. The summed E-state index contributed by atoms with van der Waals surface area (Å²) in [6.45, 7) is 1.92. The van der Waals surface area contributed by atoms with Gasteiger partial charge < -0.3 is 5.73 Å². The lowest BCUT2D eigenvalue weighted by Crippen LogP contribution is -2.04. The number of nitrogen functional groups attached to an aromatic ring is 1. The number of benzene rings is 2. The van der Waals surface area contributed by atoms with Crippen LogP contribution >= 0.6 is 11.8 Å². The molecular weight excluding hydrogens is 274 g/mol. The molecule has 2 aromatic carbocycles. The lowest BCUT2D eigenvalue weighted by Gasteiger charge is -2.08. The highest BCUT2D eigenvalue weighted by Crippen LogP contribution is 2.21. The SMILES string of the molecule is Cc1c(N)cccc1S(=O)CCSc1ccccc1. The Bertz CT molecular complexity index is 570. The second kappa shape index (κ2) is 6.78. The van der Waals surface area contributed by atoms with E-state index < -0.39 is 10.8 Å². The summed E-state index contributed by atoms with van der Waals surface area (Å²) in [5.74, 6) is 1.48. The highest BCUT2D eigenvalue weighted by Gasteiger charge is 2.08. The van der Waals surface area contributed by atoms with Gasteiger partial charge in [-0.1, -0.05) is 24.3 Å². The molecule has 0 fully saturated rings. The molecule has 0 aliphatic heterocycles. The number of hydrogen-bond donors (Lipinski definition) is 1. The van der Waals surface area contributed by atoms with Crippen LogP contribution in [0.4, 0.5) is 5.69 Å². The van der Waals surface area contributed by atoms with Crippen molar-refractivity contribution in [2.24, 2.45) is 0 Å². The van der Waals surface area contributed by atoms with Crippen LogP contribution in [0.2, 0.25) is 0 Å². The second-order valence-corrected chi connectivity index (χ2v) is 6.89. The maximum absolute atomic E-state index is 12.3. The standard InChI is InChI=1S/C15H17NOS2/c1-12-14(16)8-5-9-15(12)19(17)11-10-18-13-6-3-2-4-7-13/h2-9H,10-11,16H2,1H3. The Morgan fingerprint density at radius 2 is 1.84 bits per heavy atom. The summed E-state index contributed by atoms with van der Waals surface area (Å²) >= 11 is 1.73. The summed E-state index contributed by atoms with van der Waals surface area (Å²) < 4.78 is 12.3. The molecule has 19 heavy (non-hydrogen) atoms. The molecule has 0 spiro atoms. The van der Waals surface area contributed by atoms with Gasteiger partial charge in [0.1, 0.15) is 0 Å². The molecule has 100 valence electrons. The molecule has 1 unspecified atom stereocenters. The molecule has 0 saturated heterocycles. The predicted molar refractivity (Wildman–Crippen MR) is 84.0 cm³/mol. The molecular formula is C15H17NOS2. The first-order chi connectivity index (χ1) is 9.18. The first-order valence-corrected chi connectivity index (χ1v) is 8.40. The van der Waals surface area contributed by atoms with E-state index in [9.17, 15) is 4.21 Å². The highest BCUT2D eigenvalue weighted by atomic mass is 32.2. The molecule has 2 N–H and O–H groups in total. The van der Waals surface area contributed by atoms with Crippen LogP contribution < -0.4 is 5.73 Å². The lowest BCUT2D eigenvalue weighted by molar-refractivity contribution is 0.683. The lowest BCUT2D eigenvalue weighted by atomic mass is 10.2. The van der Waals surface area contributed by atoms with Gasteiger partial charge in [-0.15, -0.1) is 11.8 Å². The highest BCUT2D eigenvalue weighted by molar-refractivity contribution is 8.00. The first kappa shape index (κ1) is 14.2. The molecule has 2 aromatic rings. The van der Waals surface area contributed by atoms with Gasteiger partial charge in [-0.2, -0.15) is 0 Å². The maximum Gasteiger partial charge on any atom is 0.0541 e. The van der Waals surface area contributed by atoms with Gasteiger partial charge in [-0.05, 0) is 36.8 Å². The molecule has 0 aliphatic carbocycles. The van der Waals surface area contributed by atoms with Crippen molar-refractivity contribution in [1.29, 1.82) is 0 Å². The predicted octanol–water partition coefficient (Wildman–Crippen LogP) is 3.48. The normalized spacial score (nSPS) is 12.3. The molecule has 2 nitrogen and oxygen atoms in total. The fraction of sp³-hybridized carbons (Fsp3) is 0.200. The molecule has 2 rings (SSSR count). The van der Waals surface area contributed by atoms with Crippen LogP contribution in [-0.2, 0) is 10.8 Å². The van der Waals surface area contributed by atoms with Gasteiger partial charge in [0.25, 0.3) is 0 Å². The van der Waals surface area contributed by atoms with Crippen molar-refractivity contribution < 1.29 is 4.21 Å². The van der Waals surface area contributed by atoms with Crippen molar-refractivity contribution in [2.45, 2.75) is 16.7 Å². The van der Waals surface area contributed by atoms with Crippen LogP contribution in [0, 0.1) is 6.92 Å². The van der Waals surface area contributed by atoms with Crippen molar-refractivity contribution in [3.8, 4) is 0 Å². The Balaban J connectivity index is 1.93. The number of hydrogen-bond acceptors (Lipinski definition) is 3. The van der Waals surface area contributed by atoms with E-state index in [-0.39, 0.29) is 0 Å². The van der Waals surface area contributed by atoms with Gasteiger partial charge >= 0.3 is 0 Å². The van der Waals surface area contributed by atoms with Gasteiger partial charge in [0.05, 0.1) is 10.8 Å². The van der Waals surface area contributed by atoms with E-state index in [1.165, 1.54) is 4.90 Å². The summed E-state index contributed by atoms with van der Waals surface area (Å²) in [6, 6.07) is 15.8. The summed E-state index contributed by atoms with van der Waals surface area (Å²) in [5.41, 5.74) is 7.48. The Kier molecular flexibility index (Phi) is 5.05. The Morgan fingerprint density at radius 1 is 1.11 bits per heavy atom. The minimum Gasteiger partial charge on any atom is -0.398 e. The summed E-state index contributed by atoms with van der Waals surface area (Å²) in [4.78, 5) is 2.07. The zero-order valence-electron chi connectivity index (χ0n) is 10.8. The number of thioether (sulfide) groups is 1.